The number of rotatable bonds is 4. The van der Waals surface area contributed by atoms with Crippen LogP contribution in [0, 0.1) is 5.41 Å². The summed E-state index contributed by atoms with van der Waals surface area (Å²) in [7, 11) is 0. The van der Waals surface area contributed by atoms with Crippen LogP contribution in [0.5, 0.6) is 0 Å². The summed E-state index contributed by atoms with van der Waals surface area (Å²) >= 11 is 5.83. The third kappa shape index (κ3) is 4.59. The van der Waals surface area contributed by atoms with Crippen LogP contribution in [0.25, 0.3) is 0 Å². The van der Waals surface area contributed by atoms with Crippen molar-refractivity contribution in [2.75, 3.05) is 0 Å². The molecule has 1 aliphatic carbocycles. The van der Waals surface area contributed by atoms with Crippen LogP contribution >= 0.6 is 11.6 Å². The summed E-state index contributed by atoms with van der Waals surface area (Å²) in [5.41, 5.74) is 1.66. The zero-order valence-electron chi connectivity index (χ0n) is 14.9. The molecule has 2 atom stereocenters. The summed E-state index contributed by atoms with van der Waals surface area (Å²) in [4.78, 5) is 23.6. The van der Waals surface area contributed by atoms with E-state index in [1.807, 2.05) is 13.8 Å². The van der Waals surface area contributed by atoms with Gasteiger partial charge in [-0.3, -0.25) is 4.79 Å². The molecule has 2 unspecified atom stereocenters. The number of benzene rings is 1. The van der Waals surface area contributed by atoms with Crippen LogP contribution in [-0.4, -0.2) is 29.1 Å². The zero-order chi connectivity index (χ0) is 18.8. The number of halogens is 1. The molecule has 1 aromatic rings. The Morgan fingerprint density at radius 3 is 2.44 bits per heavy atom. The molecule has 0 bridgehead atoms. The summed E-state index contributed by atoms with van der Waals surface area (Å²) in [6.07, 6.45) is 2.15. The van der Waals surface area contributed by atoms with Crippen LogP contribution in [0.3, 0.4) is 0 Å². The van der Waals surface area contributed by atoms with Gasteiger partial charge >= 0.3 is 5.97 Å². The molecule has 134 valence electrons. The number of hydrogen-bond donors (Lipinski definition) is 1. The van der Waals surface area contributed by atoms with E-state index in [-0.39, 0.29) is 11.2 Å². The molecule has 0 amide bonds. The van der Waals surface area contributed by atoms with Crippen molar-refractivity contribution in [1.82, 2.24) is 0 Å². The van der Waals surface area contributed by atoms with Gasteiger partial charge in [0.15, 0.2) is 5.78 Å². The zero-order valence-corrected chi connectivity index (χ0v) is 15.6. The van der Waals surface area contributed by atoms with E-state index in [0.717, 1.165) is 5.57 Å². The van der Waals surface area contributed by atoms with Gasteiger partial charge in [-0.2, -0.15) is 0 Å². The lowest BCUT2D eigenvalue weighted by atomic mass is 9.70. The van der Waals surface area contributed by atoms with Gasteiger partial charge in [-0.15, -0.1) is 0 Å². The lowest BCUT2D eigenvalue weighted by Crippen LogP contribution is -2.42. The second-order valence-electron chi connectivity index (χ2n) is 7.02. The Labute approximate surface area is 153 Å². The van der Waals surface area contributed by atoms with Gasteiger partial charge in [0.2, 0.25) is 0 Å². The number of esters is 1. The fraction of sp³-hybridized carbons (Fsp3) is 0.400. The van der Waals surface area contributed by atoms with E-state index in [1.54, 1.807) is 37.3 Å². The molecule has 2 rings (SSSR count). The first kappa shape index (κ1) is 19.4. The average molecular weight is 363 g/mol. The highest BCUT2D eigenvalue weighted by atomic mass is 35.5. The first-order valence-corrected chi connectivity index (χ1v) is 8.54. The van der Waals surface area contributed by atoms with Crippen LogP contribution in [0.2, 0.25) is 5.02 Å². The Hall–Kier alpha value is -1.91. The summed E-state index contributed by atoms with van der Waals surface area (Å²) in [6.45, 7) is 7.29. The number of ether oxygens (including phenoxy) is 1. The predicted molar refractivity (Wildman–Crippen MR) is 97.6 cm³/mol. The van der Waals surface area contributed by atoms with Crippen molar-refractivity contribution in [3.8, 4) is 0 Å². The Morgan fingerprint density at radius 1 is 1.28 bits per heavy atom. The highest BCUT2D eigenvalue weighted by molar-refractivity contribution is 6.30. The maximum absolute atomic E-state index is 12.3. The van der Waals surface area contributed by atoms with Crippen molar-refractivity contribution in [2.45, 2.75) is 46.3 Å². The number of aliphatic hydroxyl groups excluding tert-OH is 1. The highest BCUT2D eigenvalue weighted by Gasteiger charge is 2.40. The van der Waals surface area contributed by atoms with Crippen molar-refractivity contribution in [3.05, 3.63) is 58.1 Å². The minimum atomic E-state index is -0.907. The van der Waals surface area contributed by atoms with Crippen LogP contribution in [-0.2, 0) is 9.53 Å². The molecule has 1 aliphatic rings. The second-order valence-corrected chi connectivity index (χ2v) is 7.46. The molecule has 0 saturated heterocycles. The minimum absolute atomic E-state index is 0.0538. The fourth-order valence-electron chi connectivity index (χ4n) is 3.15. The Kier molecular flexibility index (Phi) is 5.86. The van der Waals surface area contributed by atoms with E-state index in [4.69, 9.17) is 16.3 Å². The number of ketones is 1. The molecular weight excluding hydrogens is 340 g/mol. The molecule has 0 aliphatic heterocycles. The van der Waals surface area contributed by atoms with E-state index in [9.17, 15) is 14.7 Å². The van der Waals surface area contributed by atoms with Crippen molar-refractivity contribution >= 4 is 23.4 Å². The van der Waals surface area contributed by atoms with Crippen molar-refractivity contribution in [2.24, 2.45) is 5.41 Å². The number of carbonyl (C=O) groups is 2. The molecule has 25 heavy (non-hydrogen) atoms. The quantitative estimate of drug-likeness (QED) is 0.646. The van der Waals surface area contributed by atoms with E-state index in [2.05, 4.69) is 0 Å². The first-order valence-electron chi connectivity index (χ1n) is 8.16. The van der Waals surface area contributed by atoms with Gasteiger partial charge < -0.3 is 9.84 Å². The molecule has 4 nitrogen and oxygen atoms in total. The van der Waals surface area contributed by atoms with Crippen LogP contribution in [0.4, 0.5) is 0 Å². The third-order valence-corrected chi connectivity index (χ3v) is 4.74. The van der Waals surface area contributed by atoms with Crippen molar-refractivity contribution < 1.29 is 19.4 Å². The number of aliphatic hydroxyl groups is 1. The number of allylic oxidation sites excluding steroid dienone is 3. The summed E-state index contributed by atoms with van der Waals surface area (Å²) in [6, 6.07) is 6.42. The summed E-state index contributed by atoms with van der Waals surface area (Å²) in [5.74, 6) is -0.547. The molecular formula is C20H23ClO4. The predicted octanol–water partition coefficient (Wildman–Crippen LogP) is 4.12. The molecule has 0 saturated carbocycles. The van der Waals surface area contributed by atoms with Gasteiger partial charge in [-0.1, -0.05) is 31.5 Å². The number of hydrogen-bond acceptors (Lipinski definition) is 4. The van der Waals surface area contributed by atoms with E-state index in [0.29, 0.717) is 22.6 Å². The molecule has 0 spiro atoms. The average Bonchev–Trinajstić information content (AvgIpc) is 2.52. The SMILES string of the molecule is CC(=O)/C=C/C1=C(C)C(O)C(OC(=O)c2ccc(Cl)cc2)CC1(C)C. The number of carbonyl (C=O) groups excluding carboxylic acids is 2. The first-order chi connectivity index (χ1) is 11.6. The second kappa shape index (κ2) is 7.54. The minimum Gasteiger partial charge on any atom is -0.456 e. The molecule has 0 aromatic heterocycles. The topological polar surface area (TPSA) is 63.6 Å². The molecule has 0 radical (unpaired) electrons. The van der Waals surface area contributed by atoms with Gasteiger partial charge in [0.25, 0.3) is 0 Å². The Bertz CT molecular complexity index is 729. The summed E-state index contributed by atoms with van der Waals surface area (Å²) in [5, 5.41) is 11.1. The van der Waals surface area contributed by atoms with E-state index >= 15 is 0 Å². The maximum atomic E-state index is 12.3. The Balaban J connectivity index is 2.23. The molecule has 5 heteroatoms. The highest BCUT2D eigenvalue weighted by Crippen LogP contribution is 2.42. The Morgan fingerprint density at radius 2 is 1.88 bits per heavy atom. The van der Waals surface area contributed by atoms with Crippen molar-refractivity contribution in [1.29, 1.82) is 0 Å². The largest absolute Gasteiger partial charge is 0.456 e. The molecule has 1 N–H and O–H groups in total. The van der Waals surface area contributed by atoms with Crippen LogP contribution < -0.4 is 0 Å². The summed E-state index contributed by atoms with van der Waals surface area (Å²) < 4.78 is 5.55. The van der Waals surface area contributed by atoms with Gasteiger partial charge in [0.1, 0.15) is 12.2 Å². The lowest BCUT2D eigenvalue weighted by molar-refractivity contribution is -0.112. The normalized spacial score (nSPS) is 23.0. The maximum Gasteiger partial charge on any atom is 0.338 e. The van der Waals surface area contributed by atoms with Crippen LogP contribution in [0.15, 0.2) is 47.6 Å². The molecule has 0 heterocycles. The smallest absolute Gasteiger partial charge is 0.338 e. The van der Waals surface area contributed by atoms with Crippen LogP contribution in [0.1, 0.15) is 44.5 Å². The fourth-order valence-corrected chi connectivity index (χ4v) is 3.28. The van der Waals surface area contributed by atoms with E-state index < -0.39 is 18.2 Å². The molecule has 1 aromatic carbocycles. The van der Waals surface area contributed by atoms with Gasteiger partial charge in [-0.25, -0.2) is 4.79 Å². The van der Waals surface area contributed by atoms with Gasteiger partial charge in [0.05, 0.1) is 5.56 Å². The lowest BCUT2D eigenvalue weighted by Gasteiger charge is -2.40. The monoisotopic (exact) mass is 362 g/mol. The van der Waals surface area contributed by atoms with Gasteiger partial charge in [-0.05, 0) is 67.2 Å². The third-order valence-electron chi connectivity index (χ3n) is 4.48. The standard InChI is InChI=1S/C20H23ClO4/c1-12(22)5-10-16-13(2)18(23)17(11-20(16,3)4)25-19(24)14-6-8-15(21)9-7-14/h5-10,17-18,23H,11H2,1-4H3/b10-5+. The molecule has 0 fully saturated rings. The van der Waals surface area contributed by atoms with Crippen molar-refractivity contribution in [3.63, 3.8) is 0 Å². The van der Waals surface area contributed by atoms with Gasteiger partial charge in [0, 0.05) is 5.02 Å². The van der Waals surface area contributed by atoms with E-state index in [1.165, 1.54) is 13.0 Å².